The Morgan fingerprint density at radius 3 is 2.78 bits per heavy atom. The molecule has 0 aliphatic heterocycles. The maximum Gasteiger partial charge on any atom is 0.309 e. The summed E-state index contributed by atoms with van der Waals surface area (Å²) >= 11 is 5.99. The van der Waals surface area contributed by atoms with Crippen molar-refractivity contribution in [3.8, 4) is 0 Å². The van der Waals surface area contributed by atoms with Crippen LogP contribution in [0, 0.1) is 10.1 Å². The lowest BCUT2D eigenvalue weighted by Crippen LogP contribution is -2.12. The van der Waals surface area contributed by atoms with Gasteiger partial charge in [-0.3, -0.25) is 10.1 Å². The molecule has 0 N–H and O–H groups in total. The Morgan fingerprint density at radius 1 is 1.39 bits per heavy atom. The molecule has 1 aliphatic rings. The van der Waals surface area contributed by atoms with Crippen LogP contribution in [0.1, 0.15) is 49.4 Å². The van der Waals surface area contributed by atoms with Gasteiger partial charge in [-0.15, -0.1) is 0 Å². The number of halogens is 1. The Balaban J connectivity index is 2.54. The van der Waals surface area contributed by atoms with E-state index < -0.39 is 0 Å². The van der Waals surface area contributed by atoms with Gasteiger partial charge in [0.05, 0.1) is 4.92 Å². The van der Waals surface area contributed by atoms with E-state index in [1.54, 1.807) is 0 Å². The molecule has 18 heavy (non-hydrogen) atoms. The molecule has 0 atom stereocenters. The van der Waals surface area contributed by atoms with Crippen molar-refractivity contribution in [2.24, 2.45) is 0 Å². The predicted octanol–water partition coefficient (Wildman–Crippen LogP) is 3.86. The Morgan fingerprint density at radius 2 is 2.11 bits per heavy atom. The van der Waals surface area contributed by atoms with Gasteiger partial charge in [-0.25, -0.2) is 4.98 Å². The first-order valence-electron chi connectivity index (χ1n) is 6.49. The predicted molar refractivity (Wildman–Crippen MR) is 71.2 cm³/mol. The Kier molecular flexibility index (Phi) is 4.17. The fourth-order valence-corrected chi connectivity index (χ4v) is 2.87. The third-order valence-electron chi connectivity index (χ3n) is 3.48. The molecule has 1 heterocycles. The molecule has 1 aromatic heterocycles. The number of pyridine rings is 1. The third kappa shape index (κ3) is 2.48. The molecule has 5 heteroatoms. The Labute approximate surface area is 112 Å². The summed E-state index contributed by atoms with van der Waals surface area (Å²) in [5, 5.41) is 11.2. The fraction of sp³-hybridized carbons (Fsp3) is 0.615. The first-order valence-corrected chi connectivity index (χ1v) is 6.87. The van der Waals surface area contributed by atoms with E-state index >= 15 is 0 Å². The van der Waals surface area contributed by atoms with Crippen molar-refractivity contribution in [2.45, 2.75) is 51.9 Å². The second-order valence-electron chi connectivity index (χ2n) is 4.72. The highest BCUT2D eigenvalue weighted by molar-refractivity contribution is 6.31. The lowest BCUT2D eigenvalue weighted by atomic mass is 9.89. The van der Waals surface area contributed by atoms with E-state index in [0.717, 1.165) is 61.8 Å². The van der Waals surface area contributed by atoms with Crippen LogP contribution in [0.4, 0.5) is 5.69 Å². The summed E-state index contributed by atoms with van der Waals surface area (Å²) in [6.07, 6.45) is 6.69. The summed E-state index contributed by atoms with van der Waals surface area (Å²) in [6, 6.07) is 0. The summed E-state index contributed by atoms with van der Waals surface area (Å²) < 4.78 is 0. The molecular formula is C13H17ClN2O2. The first-order chi connectivity index (χ1) is 8.65. The van der Waals surface area contributed by atoms with E-state index in [0.29, 0.717) is 0 Å². The summed E-state index contributed by atoms with van der Waals surface area (Å²) in [5.74, 6) is 0. The molecule has 0 saturated heterocycles. The van der Waals surface area contributed by atoms with Crippen LogP contribution >= 0.6 is 11.6 Å². The van der Waals surface area contributed by atoms with Crippen molar-refractivity contribution in [2.75, 3.05) is 0 Å². The molecule has 0 radical (unpaired) electrons. The molecule has 0 fully saturated rings. The molecule has 2 rings (SSSR count). The van der Waals surface area contributed by atoms with E-state index in [1.165, 1.54) is 0 Å². The zero-order chi connectivity index (χ0) is 13.1. The van der Waals surface area contributed by atoms with Crippen molar-refractivity contribution >= 4 is 17.3 Å². The van der Waals surface area contributed by atoms with Gasteiger partial charge < -0.3 is 0 Å². The molecule has 0 spiro atoms. The minimum Gasteiger partial charge on any atom is -0.258 e. The topological polar surface area (TPSA) is 56.0 Å². The van der Waals surface area contributed by atoms with Crippen molar-refractivity contribution in [3.63, 3.8) is 0 Å². The number of nitrogens with zero attached hydrogens (tertiary/aromatic N) is 2. The largest absolute Gasteiger partial charge is 0.309 e. The van der Waals surface area contributed by atoms with Crippen LogP contribution in [-0.2, 0) is 19.3 Å². The van der Waals surface area contributed by atoms with Crippen molar-refractivity contribution < 1.29 is 4.92 Å². The van der Waals surface area contributed by atoms with Crippen LogP contribution in [0.3, 0.4) is 0 Å². The van der Waals surface area contributed by atoms with Gasteiger partial charge >= 0.3 is 5.69 Å². The van der Waals surface area contributed by atoms with Gasteiger partial charge in [-0.1, -0.05) is 24.9 Å². The third-order valence-corrected chi connectivity index (χ3v) is 3.74. The van der Waals surface area contributed by atoms with Crippen LogP contribution in [0.15, 0.2) is 0 Å². The van der Waals surface area contributed by atoms with Gasteiger partial charge in [0.25, 0.3) is 0 Å². The average molecular weight is 269 g/mol. The number of nitro groups is 1. The highest BCUT2D eigenvalue weighted by atomic mass is 35.5. The molecule has 1 aromatic rings. The van der Waals surface area contributed by atoms with E-state index in [9.17, 15) is 10.1 Å². The van der Waals surface area contributed by atoms with E-state index in [2.05, 4.69) is 11.9 Å². The summed E-state index contributed by atoms with van der Waals surface area (Å²) in [4.78, 5) is 15.0. The van der Waals surface area contributed by atoms with Gasteiger partial charge in [-0.05, 0) is 44.1 Å². The zero-order valence-electron chi connectivity index (χ0n) is 10.5. The maximum absolute atomic E-state index is 11.2. The smallest absolute Gasteiger partial charge is 0.258 e. The monoisotopic (exact) mass is 268 g/mol. The zero-order valence-corrected chi connectivity index (χ0v) is 11.3. The fourth-order valence-electron chi connectivity index (χ4n) is 2.59. The van der Waals surface area contributed by atoms with E-state index in [1.807, 2.05) is 0 Å². The van der Waals surface area contributed by atoms with Gasteiger partial charge in [-0.2, -0.15) is 0 Å². The lowest BCUT2D eigenvalue weighted by Gasteiger charge is -2.19. The van der Waals surface area contributed by atoms with Crippen molar-refractivity contribution in [3.05, 3.63) is 32.1 Å². The number of aryl methyl sites for hydroxylation is 1. The number of hydrogen-bond donors (Lipinski definition) is 0. The molecule has 0 saturated carbocycles. The SMILES string of the molecule is CCCCc1c2c(nc(Cl)c1[N+](=O)[O-])CCCC2. The Hall–Kier alpha value is -1.16. The normalized spacial score (nSPS) is 14.3. The van der Waals surface area contributed by atoms with Crippen LogP contribution in [0.25, 0.3) is 0 Å². The second-order valence-corrected chi connectivity index (χ2v) is 5.08. The molecule has 0 amide bonds. The highest BCUT2D eigenvalue weighted by Gasteiger charge is 2.27. The maximum atomic E-state index is 11.2. The van der Waals surface area contributed by atoms with Crippen LogP contribution in [0.5, 0.6) is 0 Å². The molecule has 98 valence electrons. The van der Waals surface area contributed by atoms with Gasteiger partial charge in [0.15, 0.2) is 0 Å². The summed E-state index contributed by atoms with van der Waals surface area (Å²) in [6.45, 7) is 2.08. The molecule has 0 unspecified atom stereocenters. The first kappa shape index (κ1) is 13.3. The van der Waals surface area contributed by atoms with E-state index in [-0.39, 0.29) is 15.8 Å². The van der Waals surface area contributed by atoms with E-state index in [4.69, 9.17) is 11.6 Å². The minimum atomic E-state index is -0.380. The number of rotatable bonds is 4. The minimum absolute atomic E-state index is 0.0331. The summed E-state index contributed by atoms with van der Waals surface area (Å²) in [7, 11) is 0. The molecule has 0 bridgehead atoms. The van der Waals surface area contributed by atoms with Gasteiger partial charge in [0, 0.05) is 11.3 Å². The Bertz CT molecular complexity index is 475. The molecule has 4 nitrogen and oxygen atoms in total. The quantitative estimate of drug-likeness (QED) is 0.473. The van der Waals surface area contributed by atoms with Crippen molar-refractivity contribution in [1.29, 1.82) is 0 Å². The lowest BCUT2D eigenvalue weighted by molar-refractivity contribution is -0.385. The van der Waals surface area contributed by atoms with Gasteiger partial charge in [0.1, 0.15) is 0 Å². The number of hydrogen-bond acceptors (Lipinski definition) is 3. The summed E-state index contributed by atoms with van der Waals surface area (Å²) in [5.41, 5.74) is 2.93. The van der Waals surface area contributed by atoms with Crippen LogP contribution < -0.4 is 0 Å². The molecular weight excluding hydrogens is 252 g/mol. The van der Waals surface area contributed by atoms with Crippen LogP contribution in [-0.4, -0.2) is 9.91 Å². The standard InChI is InChI=1S/C13H17ClN2O2/c1-2-3-6-10-9-7-4-5-8-11(9)15-13(14)12(10)16(17)18/h2-8H2,1H3. The average Bonchev–Trinajstić information content (AvgIpc) is 2.34. The van der Waals surface area contributed by atoms with Crippen molar-refractivity contribution in [1.82, 2.24) is 4.98 Å². The number of aromatic nitrogens is 1. The number of fused-ring (bicyclic) bond motifs is 1. The number of unbranched alkanes of at least 4 members (excludes halogenated alkanes) is 1. The molecule has 1 aliphatic carbocycles. The van der Waals surface area contributed by atoms with Crippen LogP contribution in [0.2, 0.25) is 5.15 Å². The highest BCUT2D eigenvalue weighted by Crippen LogP contribution is 2.35. The van der Waals surface area contributed by atoms with Gasteiger partial charge in [0.2, 0.25) is 5.15 Å². The second kappa shape index (κ2) is 5.65. The molecule has 0 aromatic carbocycles.